The summed E-state index contributed by atoms with van der Waals surface area (Å²) in [6.07, 6.45) is 4.87. The molecule has 1 spiro atoms. The first-order chi connectivity index (χ1) is 8.95. The zero-order valence-electron chi connectivity index (χ0n) is 12.3. The van der Waals surface area contributed by atoms with Crippen molar-refractivity contribution in [3.8, 4) is 0 Å². The van der Waals surface area contributed by atoms with Gasteiger partial charge in [0.05, 0.1) is 5.60 Å². The first kappa shape index (κ1) is 14.5. The van der Waals surface area contributed by atoms with Crippen molar-refractivity contribution >= 4 is 11.8 Å². The number of carbonyl (C=O) groups is 2. The van der Waals surface area contributed by atoms with Crippen molar-refractivity contribution in [2.24, 2.45) is 11.3 Å². The molecule has 0 radical (unpaired) electrons. The van der Waals surface area contributed by atoms with Crippen molar-refractivity contribution in [1.29, 1.82) is 0 Å². The quantitative estimate of drug-likeness (QED) is 0.799. The summed E-state index contributed by atoms with van der Waals surface area (Å²) >= 11 is 0. The van der Waals surface area contributed by atoms with Crippen LogP contribution >= 0.6 is 0 Å². The third kappa shape index (κ3) is 2.69. The Balaban J connectivity index is 2.30. The molecule has 3 atom stereocenters. The molecule has 0 bridgehead atoms. The maximum atomic E-state index is 12.2. The lowest BCUT2D eigenvalue weighted by atomic mass is 9.60. The number of hydrogen-bond donors (Lipinski definition) is 1. The molecule has 0 aromatic carbocycles. The van der Waals surface area contributed by atoms with Gasteiger partial charge in [-0.1, -0.05) is 20.3 Å². The summed E-state index contributed by atoms with van der Waals surface area (Å²) in [6, 6.07) is 0. The van der Waals surface area contributed by atoms with E-state index < -0.39 is 0 Å². The Morgan fingerprint density at radius 3 is 2.74 bits per heavy atom. The van der Waals surface area contributed by atoms with Gasteiger partial charge >= 0.3 is 0 Å². The van der Waals surface area contributed by atoms with E-state index in [1.165, 1.54) is 0 Å². The SMILES string of the molecule is CCCC1C(=O)NC(=O)CC12CCOC(C)(CC)C2. The fourth-order valence-corrected chi connectivity index (χ4v) is 3.78. The minimum Gasteiger partial charge on any atom is -0.375 e. The maximum absolute atomic E-state index is 12.2. The average Bonchev–Trinajstić information content (AvgIpc) is 2.34. The number of hydrogen-bond acceptors (Lipinski definition) is 3. The largest absolute Gasteiger partial charge is 0.375 e. The minimum atomic E-state index is -0.192. The van der Waals surface area contributed by atoms with Gasteiger partial charge in [0.1, 0.15) is 0 Å². The first-order valence-corrected chi connectivity index (χ1v) is 7.42. The van der Waals surface area contributed by atoms with Gasteiger partial charge in [0.2, 0.25) is 11.8 Å². The van der Waals surface area contributed by atoms with Crippen LogP contribution in [-0.4, -0.2) is 24.0 Å². The number of ether oxygens (including phenoxy) is 1. The fraction of sp³-hybridized carbons (Fsp3) is 0.867. The summed E-state index contributed by atoms with van der Waals surface area (Å²) in [6.45, 7) is 6.97. The second-order valence-corrected chi connectivity index (χ2v) is 6.37. The van der Waals surface area contributed by atoms with Gasteiger partial charge < -0.3 is 4.74 Å². The molecule has 4 nitrogen and oxygen atoms in total. The molecule has 0 aliphatic carbocycles. The molecular formula is C15H25NO3. The first-order valence-electron chi connectivity index (χ1n) is 7.42. The Kier molecular flexibility index (Phi) is 4.00. The number of carbonyl (C=O) groups excluding carboxylic acids is 2. The van der Waals surface area contributed by atoms with Gasteiger partial charge in [0.25, 0.3) is 0 Å². The van der Waals surface area contributed by atoms with Crippen LogP contribution in [-0.2, 0) is 14.3 Å². The van der Waals surface area contributed by atoms with Crippen LogP contribution in [0.1, 0.15) is 59.3 Å². The number of nitrogens with one attached hydrogen (secondary N) is 1. The summed E-state index contributed by atoms with van der Waals surface area (Å²) in [7, 11) is 0. The molecule has 108 valence electrons. The van der Waals surface area contributed by atoms with Crippen molar-refractivity contribution in [2.75, 3.05) is 6.61 Å². The highest BCUT2D eigenvalue weighted by atomic mass is 16.5. The second kappa shape index (κ2) is 5.23. The van der Waals surface area contributed by atoms with Gasteiger partial charge in [-0.05, 0) is 38.0 Å². The summed E-state index contributed by atoms with van der Waals surface area (Å²) in [5.41, 5.74) is -0.374. The van der Waals surface area contributed by atoms with E-state index in [-0.39, 0.29) is 28.7 Å². The molecule has 2 aliphatic heterocycles. The lowest BCUT2D eigenvalue weighted by molar-refractivity contribution is -0.165. The molecule has 1 N–H and O–H groups in total. The van der Waals surface area contributed by atoms with Crippen molar-refractivity contribution in [1.82, 2.24) is 5.32 Å². The molecule has 2 heterocycles. The van der Waals surface area contributed by atoms with E-state index in [1.54, 1.807) is 0 Å². The number of amides is 2. The Bertz CT molecular complexity index is 382. The van der Waals surface area contributed by atoms with Gasteiger partial charge in [-0.15, -0.1) is 0 Å². The normalized spacial score (nSPS) is 39.4. The molecule has 2 aliphatic rings. The van der Waals surface area contributed by atoms with Crippen molar-refractivity contribution < 1.29 is 14.3 Å². The van der Waals surface area contributed by atoms with Gasteiger partial charge in [-0.25, -0.2) is 0 Å². The Labute approximate surface area is 115 Å². The van der Waals surface area contributed by atoms with Crippen LogP contribution < -0.4 is 5.32 Å². The van der Waals surface area contributed by atoms with Gasteiger partial charge in [0, 0.05) is 18.9 Å². The van der Waals surface area contributed by atoms with E-state index in [0.29, 0.717) is 13.0 Å². The Morgan fingerprint density at radius 2 is 2.11 bits per heavy atom. The maximum Gasteiger partial charge on any atom is 0.230 e. The lowest BCUT2D eigenvalue weighted by Gasteiger charge is -2.51. The molecule has 2 amide bonds. The number of rotatable bonds is 3. The van der Waals surface area contributed by atoms with Crippen molar-refractivity contribution in [3.05, 3.63) is 0 Å². The summed E-state index contributed by atoms with van der Waals surface area (Å²) in [5, 5.41) is 2.51. The molecule has 0 aromatic heterocycles. The Morgan fingerprint density at radius 1 is 1.37 bits per heavy atom. The molecule has 4 heteroatoms. The number of imide groups is 1. The monoisotopic (exact) mass is 267 g/mol. The Hall–Kier alpha value is -0.900. The van der Waals surface area contributed by atoms with E-state index >= 15 is 0 Å². The highest BCUT2D eigenvalue weighted by Crippen LogP contribution is 2.50. The summed E-state index contributed by atoms with van der Waals surface area (Å²) in [4.78, 5) is 24.0. The van der Waals surface area contributed by atoms with Crippen LogP contribution in [0.15, 0.2) is 0 Å². The highest BCUT2D eigenvalue weighted by Gasteiger charge is 2.52. The zero-order chi connectivity index (χ0) is 14.1. The third-order valence-corrected chi connectivity index (χ3v) is 4.93. The number of piperidine rings is 1. The lowest BCUT2D eigenvalue weighted by Crippen LogP contribution is -2.57. The molecule has 2 rings (SSSR count). The van der Waals surface area contributed by atoms with Gasteiger partial charge in [0.15, 0.2) is 0 Å². The molecule has 19 heavy (non-hydrogen) atoms. The predicted octanol–water partition coefficient (Wildman–Crippen LogP) is 2.41. The van der Waals surface area contributed by atoms with E-state index in [1.807, 2.05) is 0 Å². The van der Waals surface area contributed by atoms with Crippen LogP contribution in [0.3, 0.4) is 0 Å². The summed E-state index contributed by atoms with van der Waals surface area (Å²) < 4.78 is 5.90. The molecule has 0 saturated carbocycles. The van der Waals surface area contributed by atoms with Crippen LogP contribution in [0.25, 0.3) is 0 Å². The van der Waals surface area contributed by atoms with Crippen LogP contribution in [0.2, 0.25) is 0 Å². The third-order valence-electron chi connectivity index (χ3n) is 4.93. The van der Waals surface area contributed by atoms with E-state index in [4.69, 9.17) is 4.74 Å². The average molecular weight is 267 g/mol. The molecule has 0 aromatic rings. The standard InChI is InChI=1S/C15H25NO3/c1-4-6-11-13(18)16-12(17)9-15(11)7-8-19-14(3,5-2)10-15/h11H,4-10H2,1-3H3,(H,16,17,18). The smallest absolute Gasteiger partial charge is 0.230 e. The van der Waals surface area contributed by atoms with Crippen LogP contribution in [0.5, 0.6) is 0 Å². The molecule has 2 saturated heterocycles. The minimum absolute atomic E-state index is 0.0371. The van der Waals surface area contributed by atoms with Gasteiger partial charge in [-0.3, -0.25) is 14.9 Å². The van der Waals surface area contributed by atoms with E-state index in [2.05, 4.69) is 26.1 Å². The van der Waals surface area contributed by atoms with E-state index in [9.17, 15) is 9.59 Å². The van der Waals surface area contributed by atoms with E-state index in [0.717, 1.165) is 32.1 Å². The topological polar surface area (TPSA) is 55.4 Å². The van der Waals surface area contributed by atoms with Crippen LogP contribution in [0, 0.1) is 11.3 Å². The highest BCUT2D eigenvalue weighted by molar-refractivity contribution is 5.99. The van der Waals surface area contributed by atoms with Gasteiger partial charge in [-0.2, -0.15) is 0 Å². The second-order valence-electron chi connectivity index (χ2n) is 6.37. The zero-order valence-corrected chi connectivity index (χ0v) is 12.3. The predicted molar refractivity (Wildman–Crippen MR) is 72.5 cm³/mol. The fourth-order valence-electron chi connectivity index (χ4n) is 3.78. The molecule has 2 fully saturated rings. The summed E-state index contributed by atoms with van der Waals surface area (Å²) in [5.74, 6) is -0.221. The van der Waals surface area contributed by atoms with Crippen molar-refractivity contribution in [2.45, 2.75) is 64.9 Å². The van der Waals surface area contributed by atoms with Crippen molar-refractivity contribution in [3.63, 3.8) is 0 Å². The van der Waals surface area contributed by atoms with Crippen LogP contribution in [0.4, 0.5) is 0 Å². The molecular weight excluding hydrogens is 242 g/mol. The molecule has 3 unspecified atom stereocenters.